The summed E-state index contributed by atoms with van der Waals surface area (Å²) in [5.74, 6) is 0.00883. The zero-order valence-electron chi connectivity index (χ0n) is 16.1. The Kier molecular flexibility index (Phi) is 6.74. The Hall–Kier alpha value is -4.18. The quantitative estimate of drug-likeness (QED) is 0.321. The number of nitriles is 1. The summed E-state index contributed by atoms with van der Waals surface area (Å²) in [7, 11) is 0. The van der Waals surface area contributed by atoms with Crippen LogP contribution in [0.2, 0.25) is 0 Å². The summed E-state index contributed by atoms with van der Waals surface area (Å²) < 4.78 is 5.73. The molecule has 0 saturated heterocycles. The topological polar surface area (TPSA) is 96.5 Å². The fraction of sp³-hybridized carbons (Fsp3) is 0.130. The zero-order valence-corrected chi connectivity index (χ0v) is 16.1. The van der Waals surface area contributed by atoms with Gasteiger partial charge in [-0.1, -0.05) is 48.5 Å². The SMILES string of the molecule is N#CCN(C(=O)COc1ccc([N+](=O)[O-])cc1Cc1ccccc1)c1ccccc1. The number of para-hydroxylation sites is 1. The number of hydrogen-bond donors (Lipinski definition) is 0. The van der Waals surface area contributed by atoms with Gasteiger partial charge in [-0.15, -0.1) is 0 Å². The van der Waals surface area contributed by atoms with Crippen LogP contribution in [-0.2, 0) is 11.2 Å². The number of nitrogens with zero attached hydrogens (tertiary/aromatic N) is 3. The lowest BCUT2D eigenvalue weighted by molar-refractivity contribution is -0.384. The van der Waals surface area contributed by atoms with Crippen LogP contribution < -0.4 is 9.64 Å². The molecule has 3 rings (SSSR count). The van der Waals surface area contributed by atoms with Crippen molar-refractivity contribution in [1.82, 2.24) is 0 Å². The molecule has 3 aromatic carbocycles. The second kappa shape index (κ2) is 9.85. The van der Waals surface area contributed by atoms with Crippen molar-refractivity contribution >= 4 is 17.3 Å². The van der Waals surface area contributed by atoms with E-state index in [1.54, 1.807) is 24.3 Å². The molecule has 1 amide bonds. The monoisotopic (exact) mass is 401 g/mol. The molecule has 0 radical (unpaired) electrons. The number of anilines is 1. The summed E-state index contributed by atoms with van der Waals surface area (Å²) in [4.78, 5) is 24.7. The Balaban J connectivity index is 1.80. The van der Waals surface area contributed by atoms with Gasteiger partial charge >= 0.3 is 0 Å². The number of nitro benzene ring substituents is 1. The molecule has 0 aliphatic heterocycles. The lowest BCUT2D eigenvalue weighted by Crippen LogP contribution is -2.35. The molecule has 7 heteroatoms. The highest BCUT2D eigenvalue weighted by Gasteiger charge is 2.18. The van der Waals surface area contributed by atoms with Gasteiger partial charge in [-0.05, 0) is 23.8 Å². The van der Waals surface area contributed by atoms with E-state index in [-0.39, 0.29) is 24.7 Å². The highest BCUT2D eigenvalue weighted by atomic mass is 16.6. The van der Waals surface area contributed by atoms with Crippen molar-refractivity contribution in [2.24, 2.45) is 0 Å². The molecule has 0 atom stereocenters. The highest BCUT2D eigenvalue weighted by Crippen LogP contribution is 2.27. The van der Waals surface area contributed by atoms with Crippen molar-refractivity contribution in [3.63, 3.8) is 0 Å². The molecule has 0 unspecified atom stereocenters. The number of hydrogen-bond acceptors (Lipinski definition) is 5. The molecule has 0 aromatic heterocycles. The first-order valence-electron chi connectivity index (χ1n) is 9.25. The van der Waals surface area contributed by atoms with E-state index in [9.17, 15) is 14.9 Å². The first-order chi connectivity index (χ1) is 14.6. The zero-order chi connectivity index (χ0) is 21.3. The number of rotatable bonds is 8. The van der Waals surface area contributed by atoms with Gasteiger partial charge in [0, 0.05) is 29.8 Å². The van der Waals surface area contributed by atoms with Crippen LogP contribution in [0.15, 0.2) is 78.9 Å². The Morgan fingerprint density at radius 1 is 1.03 bits per heavy atom. The van der Waals surface area contributed by atoms with E-state index in [0.717, 1.165) is 5.56 Å². The van der Waals surface area contributed by atoms with Gasteiger partial charge in [0.1, 0.15) is 12.3 Å². The standard InChI is InChI=1S/C23H19N3O4/c24-13-14-25(20-9-5-2-6-10-20)23(27)17-30-22-12-11-21(26(28)29)16-19(22)15-18-7-3-1-4-8-18/h1-12,16H,14-15,17H2. The molecule has 3 aromatic rings. The maximum absolute atomic E-state index is 12.7. The van der Waals surface area contributed by atoms with Crippen LogP contribution in [0.3, 0.4) is 0 Å². The molecule has 0 aliphatic rings. The molecule has 0 saturated carbocycles. The van der Waals surface area contributed by atoms with Gasteiger partial charge < -0.3 is 4.74 Å². The number of ether oxygens (including phenoxy) is 1. The minimum absolute atomic E-state index is 0.0463. The van der Waals surface area contributed by atoms with Crippen LogP contribution in [0, 0.1) is 21.4 Å². The van der Waals surface area contributed by atoms with E-state index in [0.29, 0.717) is 23.4 Å². The van der Waals surface area contributed by atoms with E-state index in [4.69, 9.17) is 10.00 Å². The average molecular weight is 401 g/mol. The van der Waals surface area contributed by atoms with Crippen LogP contribution in [0.1, 0.15) is 11.1 Å². The van der Waals surface area contributed by atoms with E-state index in [1.807, 2.05) is 42.5 Å². The predicted octanol–water partition coefficient (Wildman–Crippen LogP) is 4.12. The number of carbonyl (C=O) groups is 1. The fourth-order valence-corrected chi connectivity index (χ4v) is 2.99. The van der Waals surface area contributed by atoms with Crippen LogP contribution >= 0.6 is 0 Å². The molecular formula is C23H19N3O4. The Bertz CT molecular complexity index is 1060. The summed E-state index contributed by atoms with van der Waals surface area (Å²) in [6, 6.07) is 24.6. The van der Waals surface area contributed by atoms with E-state index in [2.05, 4.69) is 0 Å². The Morgan fingerprint density at radius 2 is 1.70 bits per heavy atom. The molecule has 7 nitrogen and oxygen atoms in total. The van der Waals surface area contributed by atoms with Crippen molar-refractivity contribution in [3.05, 3.63) is 100 Å². The van der Waals surface area contributed by atoms with E-state index in [1.165, 1.54) is 23.1 Å². The fourth-order valence-electron chi connectivity index (χ4n) is 2.99. The summed E-state index contributed by atoms with van der Waals surface area (Å²) in [6.07, 6.45) is 0.423. The smallest absolute Gasteiger partial charge is 0.269 e. The molecule has 0 aliphatic carbocycles. The van der Waals surface area contributed by atoms with Crippen molar-refractivity contribution < 1.29 is 14.5 Å². The molecule has 150 valence electrons. The first-order valence-corrected chi connectivity index (χ1v) is 9.25. The second-order valence-electron chi connectivity index (χ2n) is 6.47. The van der Waals surface area contributed by atoms with Gasteiger partial charge in [0.15, 0.2) is 6.61 Å². The molecule has 0 heterocycles. The Morgan fingerprint density at radius 3 is 2.33 bits per heavy atom. The summed E-state index contributed by atoms with van der Waals surface area (Å²) in [5, 5.41) is 20.2. The number of nitro groups is 1. The Labute approximate surface area is 173 Å². The number of carbonyl (C=O) groups excluding carboxylic acids is 1. The third kappa shape index (κ3) is 5.20. The minimum Gasteiger partial charge on any atom is -0.483 e. The van der Waals surface area contributed by atoms with Crippen molar-refractivity contribution in [1.29, 1.82) is 5.26 Å². The third-order valence-corrected chi connectivity index (χ3v) is 4.44. The number of benzene rings is 3. The van der Waals surface area contributed by atoms with Gasteiger partial charge in [-0.3, -0.25) is 19.8 Å². The average Bonchev–Trinajstić information content (AvgIpc) is 2.77. The van der Waals surface area contributed by atoms with Gasteiger partial charge in [0.05, 0.1) is 11.0 Å². The summed E-state index contributed by atoms with van der Waals surface area (Å²) in [6.45, 7) is -0.403. The van der Waals surface area contributed by atoms with Crippen molar-refractivity contribution in [2.75, 3.05) is 18.1 Å². The van der Waals surface area contributed by atoms with Gasteiger partial charge in [0.25, 0.3) is 11.6 Å². The second-order valence-corrected chi connectivity index (χ2v) is 6.47. The summed E-state index contributed by atoms with van der Waals surface area (Å²) in [5.41, 5.74) is 2.12. The maximum atomic E-state index is 12.7. The highest BCUT2D eigenvalue weighted by molar-refractivity contribution is 5.94. The maximum Gasteiger partial charge on any atom is 0.269 e. The molecule has 0 bridgehead atoms. The summed E-state index contributed by atoms with van der Waals surface area (Å²) >= 11 is 0. The minimum atomic E-state index is -0.465. The molecule has 0 spiro atoms. The van der Waals surface area contributed by atoms with Crippen LogP contribution in [0.25, 0.3) is 0 Å². The first kappa shape index (κ1) is 20.6. The number of amides is 1. The third-order valence-electron chi connectivity index (χ3n) is 4.44. The normalized spacial score (nSPS) is 10.1. The van der Waals surface area contributed by atoms with Crippen molar-refractivity contribution in [3.8, 4) is 11.8 Å². The molecular weight excluding hydrogens is 382 g/mol. The van der Waals surface area contributed by atoms with Gasteiger partial charge in [0.2, 0.25) is 0 Å². The van der Waals surface area contributed by atoms with Gasteiger partial charge in [-0.2, -0.15) is 5.26 Å². The predicted molar refractivity (Wildman–Crippen MR) is 112 cm³/mol. The largest absolute Gasteiger partial charge is 0.483 e. The molecule has 30 heavy (non-hydrogen) atoms. The van der Waals surface area contributed by atoms with Gasteiger partial charge in [-0.25, -0.2) is 0 Å². The van der Waals surface area contributed by atoms with Crippen LogP contribution in [0.4, 0.5) is 11.4 Å². The molecule has 0 fully saturated rings. The molecule has 0 N–H and O–H groups in total. The van der Waals surface area contributed by atoms with Crippen LogP contribution in [-0.4, -0.2) is 24.0 Å². The van der Waals surface area contributed by atoms with E-state index < -0.39 is 4.92 Å². The van der Waals surface area contributed by atoms with Crippen molar-refractivity contribution in [2.45, 2.75) is 6.42 Å². The van der Waals surface area contributed by atoms with E-state index >= 15 is 0 Å². The van der Waals surface area contributed by atoms with Crippen LogP contribution in [0.5, 0.6) is 5.75 Å². The lowest BCUT2D eigenvalue weighted by Gasteiger charge is -2.20. The number of non-ortho nitro benzene ring substituents is 1. The lowest BCUT2D eigenvalue weighted by atomic mass is 10.0.